The van der Waals surface area contributed by atoms with E-state index in [-0.39, 0.29) is 30.5 Å². The van der Waals surface area contributed by atoms with E-state index < -0.39 is 17.7 Å². The van der Waals surface area contributed by atoms with Gasteiger partial charge in [0.15, 0.2) is 0 Å². The topological polar surface area (TPSA) is 55.1 Å². The van der Waals surface area contributed by atoms with Crippen LogP contribution < -0.4 is 11.1 Å². The Labute approximate surface area is 116 Å². The zero-order chi connectivity index (χ0) is 15.3. The number of nitrogens with one attached hydrogen (secondary N) is 1. The number of carbonyl (C=O) groups is 1. The third kappa shape index (κ3) is 4.52. The summed E-state index contributed by atoms with van der Waals surface area (Å²) in [4.78, 5) is 11.9. The molecule has 0 bridgehead atoms. The van der Waals surface area contributed by atoms with Crippen LogP contribution in [0.25, 0.3) is 0 Å². The molecule has 20 heavy (non-hydrogen) atoms. The van der Waals surface area contributed by atoms with Gasteiger partial charge < -0.3 is 11.1 Å². The van der Waals surface area contributed by atoms with Crippen LogP contribution in [-0.2, 0) is 17.4 Å². The molecule has 0 aliphatic heterocycles. The lowest BCUT2D eigenvalue weighted by molar-refractivity contribution is -0.138. The zero-order valence-corrected chi connectivity index (χ0v) is 11.5. The Morgan fingerprint density at radius 2 is 1.90 bits per heavy atom. The van der Waals surface area contributed by atoms with Crippen molar-refractivity contribution in [3.63, 3.8) is 0 Å². The highest BCUT2D eigenvalue weighted by molar-refractivity contribution is 5.79. The van der Waals surface area contributed by atoms with Gasteiger partial charge in [-0.25, -0.2) is 0 Å². The molecule has 0 radical (unpaired) electrons. The lowest BCUT2D eigenvalue weighted by atomic mass is 9.94. The van der Waals surface area contributed by atoms with E-state index in [4.69, 9.17) is 5.73 Å². The lowest BCUT2D eigenvalue weighted by Gasteiger charge is -2.19. The zero-order valence-electron chi connectivity index (χ0n) is 11.5. The highest BCUT2D eigenvalue weighted by Crippen LogP contribution is 2.32. The molecule has 6 heteroatoms. The number of benzene rings is 1. The highest BCUT2D eigenvalue weighted by atomic mass is 19.4. The summed E-state index contributed by atoms with van der Waals surface area (Å²) in [7, 11) is 0. The second-order valence-corrected chi connectivity index (χ2v) is 4.95. The molecule has 0 fully saturated rings. The van der Waals surface area contributed by atoms with E-state index in [1.807, 2.05) is 0 Å². The van der Waals surface area contributed by atoms with E-state index in [9.17, 15) is 18.0 Å². The Bertz CT molecular complexity index is 458. The van der Waals surface area contributed by atoms with E-state index >= 15 is 0 Å². The average Bonchev–Trinajstić information content (AvgIpc) is 2.34. The maximum Gasteiger partial charge on any atom is 0.416 e. The van der Waals surface area contributed by atoms with E-state index in [2.05, 4.69) is 5.32 Å². The predicted octanol–water partition coefficient (Wildman–Crippen LogP) is 2.35. The maximum absolute atomic E-state index is 12.9. The Hall–Kier alpha value is -1.56. The molecular weight excluding hydrogens is 269 g/mol. The fraction of sp³-hybridized carbons (Fsp3) is 0.500. The third-order valence-electron chi connectivity index (χ3n) is 2.88. The lowest BCUT2D eigenvalue weighted by Crippen LogP contribution is -2.40. The molecule has 3 nitrogen and oxygen atoms in total. The number of rotatable bonds is 5. The minimum Gasteiger partial charge on any atom is -0.354 e. The van der Waals surface area contributed by atoms with Gasteiger partial charge in [0.25, 0.3) is 0 Å². The minimum absolute atomic E-state index is 0.00471. The van der Waals surface area contributed by atoms with E-state index in [0.29, 0.717) is 0 Å². The quantitative estimate of drug-likeness (QED) is 0.874. The first-order valence-corrected chi connectivity index (χ1v) is 6.41. The summed E-state index contributed by atoms with van der Waals surface area (Å²) in [6.45, 7) is 3.58. The van der Waals surface area contributed by atoms with Crippen LogP contribution >= 0.6 is 0 Å². The maximum atomic E-state index is 12.9. The minimum atomic E-state index is -4.43. The SMILES string of the molecule is CC(C)NC(=O)C(CN)Cc1ccccc1C(F)(F)F. The first-order chi connectivity index (χ1) is 9.25. The van der Waals surface area contributed by atoms with Gasteiger partial charge >= 0.3 is 6.18 Å². The fourth-order valence-corrected chi connectivity index (χ4v) is 1.93. The molecule has 1 aromatic rings. The summed E-state index contributed by atoms with van der Waals surface area (Å²) < 4.78 is 38.6. The molecule has 0 aliphatic rings. The van der Waals surface area contributed by atoms with Gasteiger partial charge in [0.2, 0.25) is 5.91 Å². The first-order valence-electron chi connectivity index (χ1n) is 6.41. The van der Waals surface area contributed by atoms with E-state index in [1.54, 1.807) is 13.8 Å². The van der Waals surface area contributed by atoms with Gasteiger partial charge in [0, 0.05) is 12.6 Å². The molecule has 1 rings (SSSR count). The molecule has 0 saturated carbocycles. The number of hydrogen-bond acceptors (Lipinski definition) is 2. The van der Waals surface area contributed by atoms with Crippen molar-refractivity contribution in [1.82, 2.24) is 5.32 Å². The molecule has 0 aromatic heterocycles. The highest BCUT2D eigenvalue weighted by Gasteiger charge is 2.33. The van der Waals surface area contributed by atoms with E-state index in [1.165, 1.54) is 18.2 Å². The largest absolute Gasteiger partial charge is 0.416 e. The van der Waals surface area contributed by atoms with E-state index in [0.717, 1.165) is 6.07 Å². The van der Waals surface area contributed by atoms with Crippen molar-refractivity contribution in [1.29, 1.82) is 0 Å². The average molecular weight is 288 g/mol. The predicted molar refractivity (Wildman–Crippen MR) is 71.0 cm³/mol. The van der Waals surface area contributed by atoms with Gasteiger partial charge in [-0.2, -0.15) is 13.2 Å². The number of halogens is 3. The second kappa shape index (κ2) is 6.74. The van der Waals surface area contributed by atoms with Gasteiger partial charge in [-0.3, -0.25) is 4.79 Å². The summed E-state index contributed by atoms with van der Waals surface area (Å²) in [5.74, 6) is -0.986. The normalized spacial score (nSPS) is 13.3. The Kier molecular flexibility index (Phi) is 5.56. The number of amides is 1. The number of hydrogen-bond donors (Lipinski definition) is 2. The molecule has 112 valence electrons. The molecule has 1 unspecified atom stereocenters. The molecule has 3 N–H and O–H groups in total. The van der Waals surface area contributed by atoms with Crippen LogP contribution in [0.3, 0.4) is 0 Å². The van der Waals surface area contributed by atoms with Gasteiger partial charge in [-0.15, -0.1) is 0 Å². The Balaban J connectivity index is 2.94. The summed E-state index contributed by atoms with van der Waals surface area (Å²) in [5, 5.41) is 2.67. The Morgan fingerprint density at radius 1 is 1.30 bits per heavy atom. The van der Waals surface area contributed by atoms with Crippen LogP contribution in [0.5, 0.6) is 0 Å². The van der Waals surface area contributed by atoms with Gasteiger partial charge in [0.1, 0.15) is 0 Å². The van der Waals surface area contributed by atoms with Crippen molar-refractivity contribution in [2.75, 3.05) is 6.54 Å². The van der Waals surface area contributed by atoms with Crippen LogP contribution in [-0.4, -0.2) is 18.5 Å². The van der Waals surface area contributed by atoms with Gasteiger partial charge in [0.05, 0.1) is 11.5 Å². The van der Waals surface area contributed by atoms with Crippen molar-refractivity contribution >= 4 is 5.91 Å². The van der Waals surface area contributed by atoms with Gasteiger partial charge in [-0.05, 0) is 31.9 Å². The van der Waals surface area contributed by atoms with Crippen molar-refractivity contribution in [2.24, 2.45) is 11.7 Å². The van der Waals surface area contributed by atoms with Crippen LogP contribution in [0, 0.1) is 5.92 Å². The Morgan fingerprint density at radius 3 is 2.40 bits per heavy atom. The van der Waals surface area contributed by atoms with Crippen molar-refractivity contribution in [3.8, 4) is 0 Å². The molecular formula is C14H19F3N2O. The van der Waals surface area contributed by atoms with Crippen LogP contribution in [0.1, 0.15) is 25.0 Å². The molecule has 0 aliphatic carbocycles. The summed E-state index contributed by atoms with van der Waals surface area (Å²) in [6.07, 6.45) is -4.45. The van der Waals surface area contributed by atoms with Crippen LogP contribution in [0.4, 0.5) is 13.2 Å². The number of carbonyl (C=O) groups excluding carboxylic acids is 1. The third-order valence-corrected chi connectivity index (χ3v) is 2.88. The number of alkyl halides is 3. The first kappa shape index (κ1) is 16.5. The van der Waals surface area contributed by atoms with Crippen molar-refractivity contribution < 1.29 is 18.0 Å². The van der Waals surface area contributed by atoms with Crippen molar-refractivity contribution in [2.45, 2.75) is 32.5 Å². The fourth-order valence-electron chi connectivity index (χ4n) is 1.93. The molecule has 1 amide bonds. The molecule has 1 atom stereocenters. The smallest absolute Gasteiger partial charge is 0.354 e. The van der Waals surface area contributed by atoms with Crippen LogP contribution in [0.2, 0.25) is 0 Å². The van der Waals surface area contributed by atoms with Gasteiger partial charge in [-0.1, -0.05) is 18.2 Å². The van der Waals surface area contributed by atoms with Crippen LogP contribution in [0.15, 0.2) is 24.3 Å². The molecule has 0 saturated heterocycles. The molecule has 0 spiro atoms. The number of nitrogens with two attached hydrogens (primary N) is 1. The summed E-state index contributed by atoms with van der Waals surface area (Å²) >= 11 is 0. The molecule has 0 heterocycles. The summed E-state index contributed by atoms with van der Waals surface area (Å²) in [6, 6.07) is 5.18. The standard InChI is InChI=1S/C14H19F3N2O/c1-9(2)19-13(20)11(8-18)7-10-5-3-4-6-12(10)14(15,16)17/h3-6,9,11H,7-8,18H2,1-2H3,(H,19,20). The molecule has 1 aromatic carbocycles. The monoisotopic (exact) mass is 288 g/mol. The second-order valence-electron chi connectivity index (χ2n) is 4.95. The van der Waals surface area contributed by atoms with Crippen molar-refractivity contribution in [3.05, 3.63) is 35.4 Å². The summed E-state index contributed by atoms with van der Waals surface area (Å²) in [5.41, 5.74) is 4.89.